The Kier molecular flexibility index (Phi) is 9.17. The molecule has 6 fully saturated rings. The minimum Gasteiger partial charge on any atom is -0.393 e. The van der Waals surface area contributed by atoms with E-state index in [-0.39, 0.29) is 72.8 Å². The van der Waals surface area contributed by atoms with Crippen LogP contribution in [0.4, 0.5) is 0 Å². The first-order valence-corrected chi connectivity index (χ1v) is 21.5. The van der Waals surface area contributed by atoms with Crippen molar-refractivity contribution in [3.8, 4) is 0 Å². The summed E-state index contributed by atoms with van der Waals surface area (Å²) >= 11 is 0. The van der Waals surface area contributed by atoms with Crippen LogP contribution in [0.25, 0.3) is 0 Å². The maximum Gasteiger partial charge on any atom is 0.473 e. The molecular weight excluding hydrogens is 727 g/mol. The standard InChI is InChI=1S/C42H55O12P/c1-37-13-9-25(43)17-23(37)5-7-27-29-11-15-41(49,39(29,3)19-31(45)35(27)37)33(47)21-53-55(51,52)54-22-34(48)42(50)16-12-30-28-8-6-24-18-26(44)10-14-38(24,2)36(28)32(46)20-40(30,42)4/h9-10,13-14,17-18,27-32,35-36,45-46,49-50H,5-8,11-12,15-16,19-22H2,1-4H3,(H,51,52)/t27-,28?,29-,30?,31?,32?,35+,36?,37-,38-,39-,40-,41-,42-/m0/s1. The number of phosphoric acid groups is 1. The molecule has 0 aromatic carbocycles. The van der Waals surface area contributed by atoms with Crippen LogP contribution in [0.15, 0.2) is 47.6 Å². The van der Waals surface area contributed by atoms with E-state index >= 15 is 0 Å². The number of Topliss-reactive ketones (excluding diaryl/α,β-unsaturated/α-hetero) is 2. The number of aliphatic hydroxyl groups excluding tert-OH is 2. The molecule has 300 valence electrons. The van der Waals surface area contributed by atoms with Crippen molar-refractivity contribution in [1.82, 2.24) is 0 Å². The molecule has 13 heteroatoms. The first kappa shape index (κ1) is 39.4. The van der Waals surface area contributed by atoms with Gasteiger partial charge in [0.15, 0.2) is 23.1 Å². The molecule has 8 rings (SSSR count). The highest BCUT2D eigenvalue weighted by Crippen LogP contribution is 2.69. The lowest BCUT2D eigenvalue weighted by Gasteiger charge is -2.59. The highest BCUT2D eigenvalue weighted by molar-refractivity contribution is 7.47. The zero-order valence-electron chi connectivity index (χ0n) is 32.1. The summed E-state index contributed by atoms with van der Waals surface area (Å²) in [4.78, 5) is 62.5. The zero-order chi connectivity index (χ0) is 39.7. The van der Waals surface area contributed by atoms with E-state index in [2.05, 4.69) is 0 Å². The largest absolute Gasteiger partial charge is 0.473 e. The SMILES string of the molecule is C[C@]12C=CC(=O)C=C1CCC1C2C(O)C[C@@]2(C)C1CC[C@]2(O)C(=O)COP(=O)(O)OCC(=O)[C@@]1(O)CC[C@H]2[C@@H]3CCC4=CC(=O)C=C[C@]4(C)[C@H]3C(O)C[C@@]21C. The number of ketones is 4. The van der Waals surface area contributed by atoms with Gasteiger partial charge in [0.05, 0.1) is 12.2 Å². The highest BCUT2D eigenvalue weighted by atomic mass is 31.2. The molecule has 5 N–H and O–H groups in total. The van der Waals surface area contributed by atoms with Crippen LogP contribution in [0.3, 0.4) is 0 Å². The highest BCUT2D eigenvalue weighted by Gasteiger charge is 2.70. The van der Waals surface area contributed by atoms with Gasteiger partial charge < -0.3 is 25.3 Å². The molecule has 0 saturated heterocycles. The van der Waals surface area contributed by atoms with Gasteiger partial charge in [-0.2, -0.15) is 0 Å². The second kappa shape index (κ2) is 12.8. The van der Waals surface area contributed by atoms with Gasteiger partial charge in [0, 0.05) is 33.5 Å². The summed E-state index contributed by atoms with van der Waals surface area (Å²) in [5.74, 6) is -2.48. The summed E-state index contributed by atoms with van der Waals surface area (Å²) in [6.45, 7) is 5.73. The minimum atomic E-state index is -5.04. The summed E-state index contributed by atoms with van der Waals surface area (Å²) < 4.78 is 23.4. The molecule has 12 nitrogen and oxygen atoms in total. The van der Waals surface area contributed by atoms with Gasteiger partial charge in [-0.1, -0.05) is 51.0 Å². The number of carbonyl (C=O) groups excluding carboxylic acids is 4. The van der Waals surface area contributed by atoms with Crippen molar-refractivity contribution in [2.75, 3.05) is 13.2 Å². The lowest BCUT2D eigenvalue weighted by atomic mass is 9.46. The Morgan fingerprint density at radius 1 is 0.709 bits per heavy atom. The van der Waals surface area contributed by atoms with E-state index in [1.165, 1.54) is 0 Å². The van der Waals surface area contributed by atoms with Gasteiger partial charge in [-0.15, -0.1) is 0 Å². The van der Waals surface area contributed by atoms with Crippen LogP contribution in [0, 0.1) is 57.2 Å². The molecule has 0 aliphatic heterocycles. The quantitative estimate of drug-likeness (QED) is 0.219. The number of hydrogen-bond acceptors (Lipinski definition) is 11. The van der Waals surface area contributed by atoms with Crippen LogP contribution < -0.4 is 0 Å². The number of rotatable bonds is 8. The molecule has 0 amide bonds. The van der Waals surface area contributed by atoms with Crippen LogP contribution in [0.1, 0.15) is 91.9 Å². The number of allylic oxidation sites excluding steroid dienone is 8. The number of phosphoric ester groups is 1. The van der Waals surface area contributed by atoms with E-state index in [0.29, 0.717) is 38.5 Å². The van der Waals surface area contributed by atoms with Gasteiger partial charge >= 0.3 is 7.82 Å². The lowest BCUT2D eigenvalue weighted by Crippen LogP contribution is -2.61. The van der Waals surface area contributed by atoms with Crippen molar-refractivity contribution in [2.45, 2.75) is 115 Å². The second-order valence-corrected chi connectivity index (χ2v) is 20.5. The summed E-state index contributed by atoms with van der Waals surface area (Å²) in [7, 11) is -5.04. The third-order valence-electron chi connectivity index (χ3n) is 16.9. The third-order valence-corrected chi connectivity index (χ3v) is 17.8. The Labute approximate surface area is 321 Å². The second-order valence-electron chi connectivity index (χ2n) is 19.1. The first-order valence-electron chi connectivity index (χ1n) is 20.0. The maximum atomic E-state index is 13.8. The van der Waals surface area contributed by atoms with Crippen molar-refractivity contribution in [3.63, 3.8) is 0 Å². The minimum absolute atomic E-state index is 0.0286. The summed E-state index contributed by atoms with van der Waals surface area (Å²) in [6, 6.07) is 0. The molecule has 55 heavy (non-hydrogen) atoms. The average molecular weight is 783 g/mol. The summed E-state index contributed by atoms with van der Waals surface area (Å²) in [5, 5.41) is 47.3. The van der Waals surface area contributed by atoms with Crippen LogP contribution in [-0.4, -0.2) is 85.1 Å². The predicted molar refractivity (Wildman–Crippen MR) is 198 cm³/mol. The van der Waals surface area contributed by atoms with E-state index in [4.69, 9.17) is 9.05 Å². The van der Waals surface area contributed by atoms with Crippen LogP contribution in [0.2, 0.25) is 0 Å². The van der Waals surface area contributed by atoms with E-state index in [9.17, 15) is 49.1 Å². The number of aliphatic hydroxyl groups is 4. The van der Waals surface area contributed by atoms with Crippen molar-refractivity contribution >= 4 is 31.0 Å². The molecule has 8 aliphatic carbocycles. The van der Waals surface area contributed by atoms with Crippen molar-refractivity contribution in [1.29, 1.82) is 0 Å². The van der Waals surface area contributed by atoms with Gasteiger partial charge in [0.1, 0.15) is 24.4 Å². The Balaban J connectivity index is 0.914. The van der Waals surface area contributed by atoms with Crippen LogP contribution in [0.5, 0.6) is 0 Å². The van der Waals surface area contributed by atoms with Crippen LogP contribution in [-0.2, 0) is 32.8 Å². The monoisotopic (exact) mass is 782 g/mol. The number of hydrogen-bond donors (Lipinski definition) is 5. The van der Waals surface area contributed by atoms with Gasteiger partial charge in [-0.25, -0.2) is 4.57 Å². The summed E-state index contributed by atoms with van der Waals surface area (Å²) in [6.07, 6.45) is 12.6. The normalized spacial score (nSPS) is 49.3. The molecule has 8 aliphatic rings. The molecule has 0 aromatic rings. The zero-order valence-corrected chi connectivity index (χ0v) is 33.0. The average Bonchev–Trinajstić information content (AvgIpc) is 3.55. The van der Waals surface area contributed by atoms with Crippen molar-refractivity contribution in [3.05, 3.63) is 47.6 Å². The van der Waals surface area contributed by atoms with Crippen molar-refractivity contribution < 1.29 is 58.1 Å². The predicted octanol–water partition coefficient (Wildman–Crippen LogP) is 4.28. The topological polar surface area (TPSA) is 205 Å². The molecule has 6 saturated carbocycles. The molecular formula is C42H55O12P. The molecule has 6 unspecified atom stereocenters. The Hall–Kier alpha value is -2.41. The Morgan fingerprint density at radius 3 is 1.47 bits per heavy atom. The molecule has 0 aromatic heterocycles. The molecule has 0 bridgehead atoms. The smallest absolute Gasteiger partial charge is 0.393 e. The first-order chi connectivity index (χ1) is 25.6. The summed E-state index contributed by atoms with van der Waals surface area (Å²) in [5.41, 5.74) is -5.05. The van der Waals surface area contributed by atoms with E-state index < -0.39 is 77.7 Å². The van der Waals surface area contributed by atoms with Gasteiger partial charge in [-0.05, 0) is 112 Å². The van der Waals surface area contributed by atoms with Gasteiger partial charge in [0.2, 0.25) is 0 Å². The molecule has 0 radical (unpaired) electrons. The maximum absolute atomic E-state index is 13.8. The van der Waals surface area contributed by atoms with E-state index in [1.54, 1.807) is 38.2 Å². The van der Waals surface area contributed by atoms with Crippen molar-refractivity contribution in [2.24, 2.45) is 57.2 Å². The van der Waals surface area contributed by atoms with E-state index in [0.717, 1.165) is 11.1 Å². The molecule has 15 atom stereocenters. The third kappa shape index (κ3) is 5.52. The molecule has 0 spiro atoms. The van der Waals surface area contributed by atoms with Crippen LogP contribution >= 0.6 is 7.82 Å². The lowest BCUT2D eigenvalue weighted by molar-refractivity contribution is -0.179. The molecule has 0 heterocycles. The Bertz CT molecular complexity index is 1770. The number of fused-ring (bicyclic) bond motifs is 10. The fourth-order valence-corrected chi connectivity index (χ4v) is 14.8. The van der Waals surface area contributed by atoms with Gasteiger partial charge in [-0.3, -0.25) is 28.2 Å². The van der Waals surface area contributed by atoms with Gasteiger partial charge in [0.25, 0.3) is 0 Å². The van der Waals surface area contributed by atoms with E-state index in [1.807, 2.05) is 26.0 Å². The Morgan fingerprint density at radius 2 is 1.09 bits per heavy atom. The fraction of sp³-hybridized carbons (Fsp3) is 0.714. The fourth-order valence-electron chi connectivity index (χ4n) is 14.1. The number of carbonyl (C=O) groups is 4.